The zero-order valence-corrected chi connectivity index (χ0v) is 7.21. The summed E-state index contributed by atoms with van der Waals surface area (Å²) in [6, 6.07) is 3.10. The van der Waals surface area contributed by atoms with Gasteiger partial charge in [0.1, 0.15) is 9.50 Å². The van der Waals surface area contributed by atoms with Crippen molar-refractivity contribution in [3.05, 3.63) is 21.8 Å². The van der Waals surface area contributed by atoms with E-state index in [1.165, 1.54) is 11.4 Å². The van der Waals surface area contributed by atoms with Crippen LogP contribution in [0.25, 0.3) is 0 Å². The van der Waals surface area contributed by atoms with Gasteiger partial charge in [-0.3, -0.25) is 0 Å². The average molecular weight is 199 g/mol. The molecule has 0 fully saturated rings. The van der Waals surface area contributed by atoms with Crippen LogP contribution in [0.5, 0.6) is 0 Å². The Kier molecular flexibility index (Phi) is 2.00. The van der Waals surface area contributed by atoms with E-state index in [0.29, 0.717) is 0 Å². The second kappa shape index (κ2) is 2.50. The predicted octanol–water partition coefficient (Wildman–Crippen LogP) is 1.14. The Bertz CT molecular complexity index is 329. The lowest BCUT2D eigenvalue weighted by atomic mass is 10.7. The molecule has 1 aromatic rings. The van der Waals surface area contributed by atoms with E-state index in [0.717, 1.165) is 0 Å². The Balaban J connectivity index is 3.32. The van der Waals surface area contributed by atoms with Crippen LogP contribution in [0.15, 0.2) is 17.5 Å². The summed E-state index contributed by atoms with van der Waals surface area (Å²) in [7, 11) is -4.60. The Hall–Kier alpha value is -0.100. The zero-order valence-electron chi connectivity index (χ0n) is 4.82. The second-order valence-electron chi connectivity index (χ2n) is 1.59. The number of hydrogen-bond donors (Lipinski definition) is 1. The highest BCUT2D eigenvalue weighted by Crippen LogP contribution is 2.32. The molecule has 3 nitrogen and oxygen atoms in total. The highest BCUT2D eigenvalue weighted by atomic mass is 35.5. The molecular formula is C4H5ClNO2S2+. The Morgan fingerprint density at radius 3 is 2.40 bits per heavy atom. The quantitative estimate of drug-likeness (QED) is 0.544. The highest BCUT2D eigenvalue weighted by Gasteiger charge is 2.22. The minimum Gasteiger partial charge on any atom is -0.183 e. The lowest BCUT2D eigenvalue weighted by molar-refractivity contribution is 0.611. The van der Waals surface area contributed by atoms with E-state index in [1.54, 1.807) is 6.07 Å². The molecule has 0 aromatic carbocycles. The van der Waals surface area contributed by atoms with Crippen LogP contribution in [0.4, 0.5) is 0 Å². The van der Waals surface area contributed by atoms with E-state index in [-0.39, 0.29) is 4.34 Å². The molecule has 6 heteroatoms. The van der Waals surface area contributed by atoms with Gasteiger partial charge in [-0.15, -0.1) is 0 Å². The molecule has 1 aromatic heterocycles. The van der Waals surface area contributed by atoms with Crippen molar-refractivity contribution in [2.75, 3.05) is 0 Å². The molecule has 1 unspecified atom stereocenters. The van der Waals surface area contributed by atoms with Crippen molar-refractivity contribution in [1.29, 1.82) is 0 Å². The SMILES string of the molecule is NS(=O)(=O)[s+]1cccc1Cl. The summed E-state index contributed by atoms with van der Waals surface area (Å²) in [5.41, 5.74) is 0. The van der Waals surface area contributed by atoms with Gasteiger partial charge < -0.3 is 0 Å². The lowest BCUT2D eigenvalue weighted by Gasteiger charge is -1.80. The van der Waals surface area contributed by atoms with Gasteiger partial charge in [-0.2, -0.15) is 13.6 Å². The maximum absolute atomic E-state index is 10.7. The topological polar surface area (TPSA) is 60.2 Å². The van der Waals surface area contributed by atoms with Crippen LogP contribution in [-0.4, -0.2) is 8.42 Å². The molecule has 0 bridgehead atoms. The van der Waals surface area contributed by atoms with Gasteiger partial charge in [0.25, 0.3) is 4.34 Å². The first kappa shape index (κ1) is 8.00. The van der Waals surface area contributed by atoms with Crippen molar-refractivity contribution in [3.8, 4) is 0 Å². The molecule has 56 valence electrons. The Labute approximate surface area is 65.8 Å². The highest BCUT2D eigenvalue weighted by molar-refractivity contribution is 8.38. The van der Waals surface area contributed by atoms with Gasteiger partial charge in [0.2, 0.25) is 0 Å². The number of rotatable bonds is 1. The molecule has 1 heterocycles. The first-order valence-electron chi connectivity index (χ1n) is 2.32. The number of hydrogen-bond acceptors (Lipinski definition) is 2. The molecule has 1 rings (SSSR count). The summed E-state index contributed by atoms with van der Waals surface area (Å²) in [4.78, 5) is 0. The van der Waals surface area contributed by atoms with Gasteiger partial charge in [0.15, 0.2) is 5.38 Å². The van der Waals surface area contributed by atoms with Crippen LogP contribution in [0.2, 0.25) is 4.34 Å². The smallest absolute Gasteiger partial charge is 0.183 e. The molecule has 0 saturated carbocycles. The molecule has 0 saturated heterocycles. The fourth-order valence-electron chi connectivity index (χ4n) is 0.507. The van der Waals surface area contributed by atoms with Crippen LogP contribution < -0.4 is 5.14 Å². The van der Waals surface area contributed by atoms with Gasteiger partial charge >= 0.3 is 9.06 Å². The maximum Gasteiger partial charge on any atom is 0.408 e. The Morgan fingerprint density at radius 1 is 1.60 bits per heavy atom. The van der Waals surface area contributed by atoms with E-state index >= 15 is 0 Å². The number of nitrogens with two attached hydrogens (primary N) is 1. The molecule has 0 spiro atoms. The summed E-state index contributed by atoms with van der Waals surface area (Å²) in [6.45, 7) is 0. The summed E-state index contributed by atoms with van der Waals surface area (Å²) in [6.07, 6.45) is 0. The normalized spacial score (nSPS) is 13.6. The minimum atomic E-state index is -3.51. The third-order valence-electron chi connectivity index (χ3n) is 0.872. The number of halogens is 1. The largest absolute Gasteiger partial charge is 0.408 e. The minimum absolute atomic E-state index is 0.280. The van der Waals surface area contributed by atoms with E-state index in [1.807, 2.05) is 0 Å². The van der Waals surface area contributed by atoms with Crippen LogP contribution >= 0.6 is 21.1 Å². The van der Waals surface area contributed by atoms with Crippen LogP contribution in [0, 0.1) is 0 Å². The molecule has 10 heavy (non-hydrogen) atoms. The predicted molar refractivity (Wildman–Crippen MR) is 42.4 cm³/mol. The van der Waals surface area contributed by atoms with Crippen LogP contribution in [-0.2, 0) is 9.06 Å². The van der Waals surface area contributed by atoms with E-state index < -0.39 is 18.6 Å². The molecule has 0 aliphatic rings. The van der Waals surface area contributed by atoms with Gasteiger partial charge in [-0.1, -0.05) is 0 Å². The van der Waals surface area contributed by atoms with Gasteiger partial charge in [-0.05, 0) is 17.7 Å². The first-order valence-corrected chi connectivity index (χ1v) is 6.05. The molecule has 1 atom stereocenters. The van der Waals surface area contributed by atoms with Crippen molar-refractivity contribution in [1.82, 2.24) is 0 Å². The molecule has 0 aliphatic heterocycles. The summed E-state index contributed by atoms with van der Waals surface area (Å²) >= 11 is 5.51. The van der Waals surface area contributed by atoms with Crippen LogP contribution in [0.1, 0.15) is 0 Å². The van der Waals surface area contributed by atoms with Crippen molar-refractivity contribution >= 4 is 30.2 Å². The van der Waals surface area contributed by atoms with Gasteiger partial charge in [-0.25, -0.2) is 0 Å². The third kappa shape index (κ3) is 1.49. The van der Waals surface area contributed by atoms with E-state index in [4.69, 9.17) is 16.7 Å². The molecule has 2 N–H and O–H groups in total. The van der Waals surface area contributed by atoms with E-state index in [9.17, 15) is 8.42 Å². The summed E-state index contributed by atoms with van der Waals surface area (Å²) in [5.74, 6) is 0. The first-order chi connectivity index (χ1) is 4.52. The zero-order chi connectivity index (χ0) is 7.78. The Morgan fingerprint density at radius 2 is 2.20 bits per heavy atom. The molecular weight excluding hydrogens is 194 g/mol. The van der Waals surface area contributed by atoms with Crippen LogP contribution in [0.3, 0.4) is 0 Å². The fraction of sp³-hybridized carbons (Fsp3) is 0. The number of thiophene rings is 1. The molecule has 0 radical (unpaired) electrons. The van der Waals surface area contributed by atoms with Crippen molar-refractivity contribution in [3.63, 3.8) is 0 Å². The van der Waals surface area contributed by atoms with E-state index in [2.05, 4.69) is 0 Å². The van der Waals surface area contributed by atoms with Crippen molar-refractivity contribution in [2.24, 2.45) is 5.14 Å². The fourth-order valence-corrected chi connectivity index (χ4v) is 3.95. The van der Waals surface area contributed by atoms with Gasteiger partial charge in [0.05, 0.1) is 0 Å². The lowest BCUT2D eigenvalue weighted by Crippen LogP contribution is -2.06. The van der Waals surface area contributed by atoms with Gasteiger partial charge in [0, 0.05) is 6.07 Å². The van der Waals surface area contributed by atoms with Crippen molar-refractivity contribution in [2.45, 2.75) is 0 Å². The summed E-state index contributed by atoms with van der Waals surface area (Å²) < 4.78 is 21.6. The molecule has 0 aliphatic carbocycles. The monoisotopic (exact) mass is 198 g/mol. The molecule has 0 amide bonds. The second-order valence-corrected chi connectivity index (χ2v) is 6.98. The summed E-state index contributed by atoms with van der Waals surface area (Å²) in [5, 5.41) is 6.31. The average Bonchev–Trinajstić information content (AvgIpc) is 2.11. The maximum atomic E-state index is 10.7. The van der Waals surface area contributed by atoms with Crippen molar-refractivity contribution < 1.29 is 8.42 Å². The third-order valence-corrected chi connectivity index (χ3v) is 5.57. The standard InChI is InChI=1S/C4H5ClNO2S2/c5-4-2-1-3-9(4)10(6,7)8/h1-3H,(H2,6,7,8)/q+1.